The predicted octanol–water partition coefficient (Wildman–Crippen LogP) is 4.75. The number of aromatic nitrogens is 4. The molecule has 0 aliphatic carbocycles. The van der Waals surface area contributed by atoms with Gasteiger partial charge in [0.1, 0.15) is 0 Å². The summed E-state index contributed by atoms with van der Waals surface area (Å²) in [5.74, 6) is 1.37. The molecule has 1 N–H and O–H groups in total. The molecule has 192 valence electrons. The van der Waals surface area contributed by atoms with Gasteiger partial charge in [-0.25, -0.2) is 4.98 Å². The van der Waals surface area contributed by atoms with Gasteiger partial charge in [0.15, 0.2) is 0 Å². The molecule has 37 heavy (non-hydrogen) atoms. The summed E-state index contributed by atoms with van der Waals surface area (Å²) in [6.45, 7) is 9.39. The summed E-state index contributed by atoms with van der Waals surface area (Å²) in [5, 5.41) is 7.28. The molecule has 5 rings (SSSR count). The monoisotopic (exact) mass is 498 g/mol. The van der Waals surface area contributed by atoms with Crippen LogP contribution in [0.2, 0.25) is 0 Å². The number of amides is 1. The van der Waals surface area contributed by atoms with Crippen molar-refractivity contribution in [3.8, 4) is 17.1 Å². The fourth-order valence-electron chi connectivity index (χ4n) is 4.63. The van der Waals surface area contributed by atoms with E-state index in [1.807, 2.05) is 47.2 Å². The van der Waals surface area contributed by atoms with E-state index < -0.39 is 0 Å². The zero-order chi connectivity index (χ0) is 25.8. The molecule has 0 atom stereocenters. The second-order valence-electron chi connectivity index (χ2n) is 10.7. The molecule has 1 aliphatic rings. The van der Waals surface area contributed by atoms with Crippen molar-refractivity contribution in [3.05, 3.63) is 84.3 Å². The minimum atomic E-state index is 0.0287. The number of nitrogens with zero attached hydrogens (tertiary/aromatic N) is 5. The molecular formula is C29H34N6O2. The molecular weight excluding hydrogens is 464 g/mol. The van der Waals surface area contributed by atoms with Crippen LogP contribution in [0.25, 0.3) is 17.1 Å². The molecule has 1 aliphatic heterocycles. The number of carbonyl (C=O) groups is 1. The van der Waals surface area contributed by atoms with Gasteiger partial charge in [0.2, 0.25) is 17.6 Å². The highest BCUT2D eigenvalue weighted by Gasteiger charge is 2.26. The zero-order valence-electron chi connectivity index (χ0n) is 21.7. The lowest BCUT2D eigenvalue weighted by molar-refractivity contribution is -0.126. The van der Waals surface area contributed by atoms with Gasteiger partial charge in [-0.05, 0) is 54.6 Å². The van der Waals surface area contributed by atoms with Gasteiger partial charge in [-0.15, -0.1) is 0 Å². The average molecular weight is 499 g/mol. The Bertz CT molecular complexity index is 1300. The SMILES string of the molecule is CC(C)(C)c1ccc(-c2noc(CN3CCC(C(=O)NCc4ccc(-n5ccnc5)cc4)CC3)n2)cc1. The fraction of sp³-hybridized carbons (Fsp3) is 0.379. The summed E-state index contributed by atoms with van der Waals surface area (Å²) in [7, 11) is 0. The normalized spacial score (nSPS) is 15.1. The van der Waals surface area contributed by atoms with Crippen LogP contribution in [0.3, 0.4) is 0 Å². The second kappa shape index (κ2) is 10.7. The summed E-state index contributed by atoms with van der Waals surface area (Å²) in [6, 6.07) is 16.5. The van der Waals surface area contributed by atoms with Gasteiger partial charge in [0, 0.05) is 36.1 Å². The second-order valence-corrected chi connectivity index (χ2v) is 10.7. The first-order valence-corrected chi connectivity index (χ1v) is 12.9. The van der Waals surface area contributed by atoms with Gasteiger partial charge >= 0.3 is 0 Å². The van der Waals surface area contributed by atoms with E-state index in [1.54, 1.807) is 12.5 Å². The third-order valence-corrected chi connectivity index (χ3v) is 7.00. The smallest absolute Gasteiger partial charge is 0.241 e. The van der Waals surface area contributed by atoms with Crippen LogP contribution in [0, 0.1) is 5.92 Å². The van der Waals surface area contributed by atoms with Crippen molar-refractivity contribution in [2.75, 3.05) is 13.1 Å². The summed E-state index contributed by atoms with van der Waals surface area (Å²) in [4.78, 5) is 23.7. The topological polar surface area (TPSA) is 89.1 Å². The Hall–Kier alpha value is -3.78. The summed E-state index contributed by atoms with van der Waals surface area (Å²) >= 11 is 0. The Kier molecular flexibility index (Phi) is 7.19. The van der Waals surface area contributed by atoms with Crippen molar-refractivity contribution in [2.24, 2.45) is 5.92 Å². The summed E-state index contributed by atoms with van der Waals surface area (Å²) in [5.41, 5.74) is 4.46. The number of nitrogens with one attached hydrogen (secondary N) is 1. The number of benzene rings is 2. The van der Waals surface area contributed by atoms with Crippen molar-refractivity contribution in [2.45, 2.75) is 52.1 Å². The van der Waals surface area contributed by atoms with Crippen molar-refractivity contribution in [1.82, 2.24) is 29.9 Å². The lowest BCUT2D eigenvalue weighted by Gasteiger charge is -2.30. The van der Waals surface area contributed by atoms with Gasteiger partial charge in [-0.2, -0.15) is 4.98 Å². The number of likely N-dealkylation sites (tertiary alicyclic amines) is 1. The molecule has 0 spiro atoms. The van der Waals surface area contributed by atoms with Crippen molar-refractivity contribution >= 4 is 5.91 Å². The van der Waals surface area contributed by atoms with E-state index in [9.17, 15) is 4.79 Å². The van der Waals surface area contributed by atoms with Gasteiger partial charge in [-0.1, -0.05) is 62.3 Å². The number of hydrogen-bond donors (Lipinski definition) is 1. The third kappa shape index (κ3) is 6.14. The first kappa shape index (κ1) is 24.9. The summed E-state index contributed by atoms with van der Waals surface area (Å²) < 4.78 is 7.48. The molecule has 0 radical (unpaired) electrons. The van der Waals surface area contributed by atoms with Crippen LogP contribution in [-0.2, 0) is 23.3 Å². The van der Waals surface area contributed by atoms with Crippen molar-refractivity contribution < 1.29 is 9.32 Å². The Morgan fingerprint density at radius 3 is 2.43 bits per heavy atom. The van der Waals surface area contributed by atoms with Gasteiger partial charge < -0.3 is 14.4 Å². The Balaban J connectivity index is 1.07. The Labute approximate surface area is 217 Å². The minimum Gasteiger partial charge on any atom is -0.352 e. The van der Waals surface area contributed by atoms with E-state index in [0.29, 0.717) is 24.8 Å². The zero-order valence-corrected chi connectivity index (χ0v) is 21.7. The van der Waals surface area contributed by atoms with Crippen LogP contribution in [-0.4, -0.2) is 43.6 Å². The number of hydrogen-bond acceptors (Lipinski definition) is 6. The van der Waals surface area contributed by atoms with Gasteiger partial charge in [0.25, 0.3) is 0 Å². The number of rotatable bonds is 7. The number of imidazole rings is 1. The molecule has 2 aromatic heterocycles. The van der Waals surface area contributed by atoms with Gasteiger partial charge in [-0.3, -0.25) is 9.69 Å². The van der Waals surface area contributed by atoms with Crippen LogP contribution in [0.1, 0.15) is 50.6 Å². The highest BCUT2D eigenvalue weighted by molar-refractivity contribution is 5.78. The number of carbonyl (C=O) groups excluding carboxylic acids is 1. The first-order valence-electron chi connectivity index (χ1n) is 12.9. The van der Waals surface area contributed by atoms with Crippen LogP contribution in [0.4, 0.5) is 0 Å². The third-order valence-electron chi connectivity index (χ3n) is 7.00. The quantitative estimate of drug-likeness (QED) is 0.396. The molecule has 1 saturated heterocycles. The Morgan fingerprint density at radius 2 is 1.78 bits per heavy atom. The van der Waals surface area contributed by atoms with E-state index in [4.69, 9.17) is 4.52 Å². The molecule has 1 amide bonds. The fourth-order valence-corrected chi connectivity index (χ4v) is 4.63. The highest BCUT2D eigenvalue weighted by atomic mass is 16.5. The van der Waals surface area contributed by atoms with Crippen LogP contribution in [0.5, 0.6) is 0 Å². The summed E-state index contributed by atoms with van der Waals surface area (Å²) in [6.07, 6.45) is 7.07. The molecule has 0 saturated carbocycles. The van der Waals surface area contributed by atoms with Gasteiger partial charge in [0.05, 0.1) is 12.9 Å². The largest absolute Gasteiger partial charge is 0.352 e. The predicted molar refractivity (Wildman–Crippen MR) is 142 cm³/mol. The molecule has 8 nitrogen and oxygen atoms in total. The van der Waals surface area contributed by atoms with E-state index in [2.05, 4.69) is 58.2 Å². The Morgan fingerprint density at radius 1 is 1.05 bits per heavy atom. The maximum absolute atomic E-state index is 12.8. The maximum atomic E-state index is 12.8. The van der Waals surface area contributed by atoms with Crippen LogP contribution >= 0.6 is 0 Å². The standard InChI is InChI=1S/C29H34N6O2/c1-29(2,3)24-8-6-22(7-9-24)27-32-26(37-33-27)19-34-15-12-23(13-16-34)28(36)31-18-21-4-10-25(11-5-21)35-17-14-30-20-35/h4-11,14,17,20,23H,12-13,15-16,18-19H2,1-3H3,(H,31,36). The minimum absolute atomic E-state index is 0.0287. The lowest BCUT2D eigenvalue weighted by Crippen LogP contribution is -2.40. The van der Waals surface area contributed by atoms with E-state index >= 15 is 0 Å². The van der Waals surface area contributed by atoms with E-state index in [0.717, 1.165) is 42.7 Å². The molecule has 4 aromatic rings. The number of piperidine rings is 1. The highest BCUT2D eigenvalue weighted by Crippen LogP contribution is 2.25. The van der Waals surface area contributed by atoms with Crippen molar-refractivity contribution in [3.63, 3.8) is 0 Å². The maximum Gasteiger partial charge on any atom is 0.241 e. The molecule has 0 unspecified atom stereocenters. The molecule has 3 heterocycles. The van der Waals surface area contributed by atoms with E-state index in [1.165, 1.54) is 5.56 Å². The van der Waals surface area contributed by atoms with Crippen molar-refractivity contribution in [1.29, 1.82) is 0 Å². The van der Waals surface area contributed by atoms with Crippen LogP contribution in [0.15, 0.2) is 71.8 Å². The molecule has 1 fully saturated rings. The van der Waals surface area contributed by atoms with E-state index in [-0.39, 0.29) is 17.2 Å². The molecule has 8 heteroatoms. The first-order chi connectivity index (χ1) is 17.8. The molecule has 0 bridgehead atoms. The van der Waals surface area contributed by atoms with Crippen LogP contribution < -0.4 is 5.32 Å². The molecule has 2 aromatic carbocycles. The lowest BCUT2D eigenvalue weighted by atomic mass is 9.87. The average Bonchev–Trinajstić information content (AvgIpc) is 3.61.